The van der Waals surface area contributed by atoms with E-state index in [9.17, 15) is 4.39 Å². The molecule has 27 heavy (non-hydrogen) atoms. The second kappa shape index (κ2) is 7.43. The van der Waals surface area contributed by atoms with Crippen molar-refractivity contribution in [1.29, 1.82) is 0 Å². The fraction of sp³-hybridized carbons (Fsp3) is 0.0500. The van der Waals surface area contributed by atoms with Gasteiger partial charge in [0.15, 0.2) is 0 Å². The molecule has 0 spiro atoms. The SMILES string of the molecule is COC1=CN(c2cc(I)ccc2F)NC(c2ccnn2-c2ccccc2)=C1. The Kier molecular flexibility index (Phi) is 4.85. The van der Waals surface area contributed by atoms with Gasteiger partial charge in [-0.05, 0) is 59.0 Å². The van der Waals surface area contributed by atoms with E-state index in [2.05, 4.69) is 33.1 Å². The standard InChI is InChI=1S/C20H16FIN4O/c1-27-16-12-18(19-9-10-23-26(19)15-5-3-2-4-6-15)24-25(13-16)20-11-14(22)7-8-17(20)21/h2-13,24H,1H3. The molecule has 0 saturated heterocycles. The van der Waals surface area contributed by atoms with Crippen molar-refractivity contribution in [2.45, 2.75) is 0 Å². The van der Waals surface area contributed by atoms with Crippen molar-refractivity contribution in [3.8, 4) is 5.69 Å². The number of allylic oxidation sites excluding steroid dienone is 1. The fourth-order valence-corrected chi connectivity index (χ4v) is 3.30. The Morgan fingerprint density at radius 3 is 2.70 bits per heavy atom. The molecule has 0 saturated carbocycles. The van der Waals surface area contributed by atoms with E-state index in [1.807, 2.05) is 47.2 Å². The minimum atomic E-state index is -0.326. The third-order valence-electron chi connectivity index (χ3n) is 4.11. The lowest BCUT2D eigenvalue weighted by molar-refractivity contribution is 0.303. The van der Waals surface area contributed by atoms with Gasteiger partial charge in [-0.1, -0.05) is 18.2 Å². The predicted octanol–water partition coefficient (Wildman–Crippen LogP) is 4.47. The van der Waals surface area contributed by atoms with Gasteiger partial charge in [0, 0.05) is 9.65 Å². The number of para-hydroxylation sites is 1. The normalized spacial score (nSPS) is 13.7. The first-order chi connectivity index (χ1) is 13.2. The molecule has 1 aliphatic heterocycles. The molecular formula is C20H16FIN4O. The first kappa shape index (κ1) is 17.6. The van der Waals surface area contributed by atoms with Crippen LogP contribution in [0.25, 0.3) is 11.4 Å². The summed E-state index contributed by atoms with van der Waals surface area (Å²) in [5, 5.41) is 6.04. The molecular weight excluding hydrogens is 458 g/mol. The molecule has 0 bridgehead atoms. The highest BCUT2D eigenvalue weighted by atomic mass is 127. The number of nitrogens with one attached hydrogen (secondary N) is 1. The number of hydrazine groups is 1. The number of hydrogen-bond donors (Lipinski definition) is 1. The van der Waals surface area contributed by atoms with Crippen LogP contribution in [0, 0.1) is 9.39 Å². The Bertz CT molecular complexity index is 1030. The molecule has 0 aliphatic carbocycles. The first-order valence-electron chi connectivity index (χ1n) is 8.24. The molecule has 0 fully saturated rings. The summed E-state index contributed by atoms with van der Waals surface area (Å²) in [7, 11) is 1.59. The highest BCUT2D eigenvalue weighted by Gasteiger charge is 2.20. The molecule has 0 unspecified atom stereocenters. The van der Waals surface area contributed by atoms with Crippen molar-refractivity contribution in [3.05, 3.63) is 93.9 Å². The zero-order chi connectivity index (χ0) is 18.8. The summed E-state index contributed by atoms with van der Waals surface area (Å²) in [5.74, 6) is 0.273. The van der Waals surface area contributed by atoms with E-state index in [0.717, 1.165) is 20.6 Å². The van der Waals surface area contributed by atoms with Crippen LogP contribution < -0.4 is 10.4 Å². The lowest BCUT2D eigenvalue weighted by Crippen LogP contribution is -2.36. The summed E-state index contributed by atoms with van der Waals surface area (Å²) >= 11 is 2.16. The van der Waals surface area contributed by atoms with Crippen LogP contribution in [0.3, 0.4) is 0 Å². The number of anilines is 1. The minimum Gasteiger partial charge on any atom is -0.495 e. The predicted molar refractivity (Wildman–Crippen MR) is 111 cm³/mol. The monoisotopic (exact) mass is 474 g/mol. The highest BCUT2D eigenvalue weighted by Crippen LogP contribution is 2.27. The Morgan fingerprint density at radius 2 is 1.93 bits per heavy atom. The quantitative estimate of drug-likeness (QED) is 0.567. The van der Waals surface area contributed by atoms with Crippen molar-refractivity contribution in [2.75, 3.05) is 12.1 Å². The van der Waals surface area contributed by atoms with Crippen molar-refractivity contribution >= 4 is 34.0 Å². The topological polar surface area (TPSA) is 42.3 Å². The zero-order valence-corrected chi connectivity index (χ0v) is 16.6. The average Bonchev–Trinajstić information content (AvgIpc) is 3.20. The third-order valence-corrected chi connectivity index (χ3v) is 4.78. The van der Waals surface area contributed by atoms with Crippen LogP contribution in [0.1, 0.15) is 5.69 Å². The van der Waals surface area contributed by atoms with Gasteiger partial charge in [0.25, 0.3) is 0 Å². The molecule has 0 radical (unpaired) electrons. The Labute approximate surface area is 169 Å². The summed E-state index contributed by atoms with van der Waals surface area (Å²) in [5.41, 5.74) is 6.17. The smallest absolute Gasteiger partial charge is 0.148 e. The molecule has 7 heteroatoms. The van der Waals surface area contributed by atoms with E-state index in [1.165, 1.54) is 6.07 Å². The van der Waals surface area contributed by atoms with Gasteiger partial charge < -0.3 is 4.74 Å². The van der Waals surface area contributed by atoms with Gasteiger partial charge in [0.05, 0.1) is 42.3 Å². The summed E-state index contributed by atoms with van der Waals surface area (Å²) in [6.07, 6.45) is 5.30. The molecule has 1 aromatic heterocycles. The maximum absolute atomic E-state index is 14.4. The Morgan fingerprint density at radius 1 is 1.11 bits per heavy atom. The first-order valence-corrected chi connectivity index (χ1v) is 9.32. The molecule has 5 nitrogen and oxygen atoms in total. The lowest BCUT2D eigenvalue weighted by Gasteiger charge is -2.29. The highest BCUT2D eigenvalue weighted by molar-refractivity contribution is 14.1. The molecule has 1 aliphatic rings. The number of halogens is 2. The van der Waals surface area contributed by atoms with Crippen molar-refractivity contribution in [2.24, 2.45) is 0 Å². The number of benzene rings is 2. The van der Waals surface area contributed by atoms with Gasteiger partial charge in [-0.2, -0.15) is 5.10 Å². The summed E-state index contributed by atoms with van der Waals surface area (Å²) in [4.78, 5) is 0. The maximum Gasteiger partial charge on any atom is 0.148 e. The summed E-state index contributed by atoms with van der Waals surface area (Å²) in [6, 6.07) is 16.7. The van der Waals surface area contributed by atoms with E-state index in [0.29, 0.717) is 11.4 Å². The fourth-order valence-electron chi connectivity index (χ4n) is 2.83. The zero-order valence-electron chi connectivity index (χ0n) is 14.4. The largest absolute Gasteiger partial charge is 0.495 e. The van der Waals surface area contributed by atoms with E-state index in [4.69, 9.17) is 4.74 Å². The molecule has 2 aromatic carbocycles. The van der Waals surface area contributed by atoms with Crippen LogP contribution in [0.4, 0.5) is 10.1 Å². The van der Waals surface area contributed by atoms with Crippen LogP contribution in [-0.2, 0) is 4.74 Å². The van der Waals surface area contributed by atoms with Crippen LogP contribution in [-0.4, -0.2) is 16.9 Å². The number of methoxy groups -OCH3 is 1. The molecule has 0 amide bonds. The molecule has 4 rings (SSSR count). The minimum absolute atomic E-state index is 0.326. The number of nitrogens with zero attached hydrogens (tertiary/aromatic N) is 3. The Balaban J connectivity index is 1.75. The van der Waals surface area contributed by atoms with E-state index in [-0.39, 0.29) is 5.82 Å². The van der Waals surface area contributed by atoms with Gasteiger partial charge in [-0.3, -0.25) is 10.4 Å². The van der Waals surface area contributed by atoms with Crippen molar-refractivity contribution in [1.82, 2.24) is 15.2 Å². The molecule has 136 valence electrons. The van der Waals surface area contributed by atoms with Gasteiger partial charge in [0.1, 0.15) is 11.6 Å². The third kappa shape index (κ3) is 3.55. The van der Waals surface area contributed by atoms with E-state index < -0.39 is 0 Å². The van der Waals surface area contributed by atoms with Gasteiger partial charge in [0.2, 0.25) is 0 Å². The van der Waals surface area contributed by atoms with Crippen molar-refractivity contribution < 1.29 is 9.13 Å². The van der Waals surface area contributed by atoms with E-state index >= 15 is 0 Å². The van der Waals surface area contributed by atoms with Crippen LogP contribution in [0.15, 0.2) is 78.8 Å². The lowest BCUT2D eigenvalue weighted by atomic mass is 10.2. The van der Waals surface area contributed by atoms with Gasteiger partial charge >= 0.3 is 0 Å². The number of ether oxygens (including phenoxy) is 1. The van der Waals surface area contributed by atoms with Gasteiger partial charge in [-0.15, -0.1) is 0 Å². The summed E-state index contributed by atoms with van der Waals surface area (Å²) in [6.45, 7) is 0. The van der Waals surface area contributed by atoms with Crippen molar-refractivity contribution in [3.63, 3.8) is 0 Å². The number of hydrogen-bond acceptors (Lipinski definition) is 4. The Hall–Kier alpha value is -2.81. The molecule has 2 heterocycles. The van der Waals surface area contributed by atoms with Crippen LogP contribution in [0.5, 0.6) is 0 Å². The average molecular weight is 474 g/mol. The maximum atomic E-state index is 14.4. The molecule has 3 aromatic rings. The second-order valence-electron chi connectivity index (χ2n) is 5.83. The van der Waals surface area contributed by atoms with Crippen LogP contribution in [0.2, 0.25) is 0 Å². The summed E-state index contributed by atoms with van der Waals surface area (Å²) < 4.78 is 22.6. The molecule has 0 atom stereocenters. The van der Waals surface area contributed by atoms with Crippen LogP contribution >= 0.6 is 22.6 Å². The number of aromatic nitrogens is 2. The molecule has 1 N–H and O–H groups in total. The van der Waals surface area contributed by atoms with Gasteiger partial charge in [-0.25, -0.2) is 9.07 Å². The number of rotatable bonds is 4. The second-order valence-corrected chi connectivity index (χ2v) is 7.08. The van der Waals surface area contributed by atoms with E-state index in [1.54, 1.807) is 36.6 Å².